The Morgan fingerprint density at radius 1 is 1.10 bits per heavy atom. The zero-order valence-electron chi connectivity index (χ0n) is 11.3. The lowest BCUT2D eigenvalue weighted by Crippen LogP contribution is -2.02. The minimum atomic E-state index is 0.569. The average Bonchev–Trinajstić information content (AvgIpc) is 2.85. The summed E-state index contributed by atoms with van der Waals surface area (Å²) in [5.41, 5.74) is 4.23. The molecule has 0 saturated heterocycles. The van der Waals surface area contributed by atoms with Crippen molar-refractivity contribution in [2.75, 3.05) is 0 Å². The summed E-state index contributed by atoms with van der Waals surface area (Å²) in [5.74, 6) is 0.726. The van der Waals surface area contributed by atoms with E-state index in [0.717, 1.165) is 17.2 Å². The Morgan fingerprint density at radius 2 is 1.95 bits per heavy atom. The van der Waals surface area contributed by atoms with Crippen molar-refractivity contribution >= 4 is 12.2 Å². The summed E-state index contributed by atoms with van der Waals surface area (Å²) in [7, 11) is 0. The fourth-order valence-corrected chi connectivity index (χ4v) is 2.40. The highest BCUT2D eigenvalue weighted by Gasteiger charge is 2.13. The number of nitrogens with zero attached hydrogens (tertiary/aromatic N) is 3. The maximum Gasteiger partial charge on any atom is 0.200 e. The standard InChI is InChI=1S/C15H14N4S/c1-10-6-5-8-13(11(10)2)19-14(17-18-15(19)20)12-7-3-4-9-16-12/h3-9H,1-2H3,(H,18,20). The first-order chi connectivity index (χ1) is 9.68. The normalized spacial score (nSPS) is 10.7. The van der Waals surface area contributed by atoms with E-state index < -0.39 is 0 Å². The molecule has 2 heterocycles. The molecule has 2 aromatic heterocycles. The largest absolute Gasteiger partial charge is 0.267 e. The first-order valence-corrected chi connectivity index (χ1v) is 6.74. The van der Waals surface area contributed by atoms with Crippen LogP contribution in [-0.4, -0.2) is 19.7 Å². The van der Waals surface area contributed by atoms with Crippen LogP contribution in [0.2, 0.25) is 0 Å². The second-order valence-electron chi connectivity index (χ2n) is 4.62. The number of pyridine rings is 1. The molecule has 0 radical (unpaired) electrons. The van der Waals surface area contributed by atoms with Crippen LogP contribution in [0.5, 0.6) is 0 Å². The van der Waals surface area contributed by atoms with Gasteiger partial charge < -0.3 is 0 Å². The molecule has 100 valence electrons. The van der Waals surface area contributed by atoms with Crippen molar-refractivity contribution in [1.82, 2.24) is 19.7 Å². The number of rotatable bonds is 2. The molecule has 4 nitrogen and oxygen atoms in total. The Balaban J connectivity index is 2.28. The Kier molecular flexibility index (Phi) is 3.20. The van der Waals surface area contributed by atoms with E-state index in [4.69, 9.17) is 12.2 Å². The molecule has 0 aliphatic heterocycles. The van der Waals surface area contributed by atoms with Gasteiger partial charge in [0.15, 0.2) is 10.6 Å². The predicted octanol–water partition coefficient (Wildman–Crippen LogP) is 3.61. The Morgan fingerprint density at radius 3 is 2.70 bits per heavy atom. The van der Waals surface area contributed by atoms with Crippen molar-refractivity contribution in [1.29, 1.82) is 0 Å². The van der Waals surface area contributed by atoms with Crippen LogP contribution in [0.4, 0.5) is 0 Å². The highest BCUT2D eigenvalue weighted by molar-refractivity contribution is 7.71. The number of benzene rings is 1. The summed E-state index contributed by atoms with van der Waals surface area (Å²) in [6, 6.07) is 11.9. The molecule has 0 fully saturated rings. The monoisotopic (exact) mass is 282 g/mol. The molecule has 3 rings (SSSR count). The quantitative estimate of drug-likeness (QED) is 0.730. The van der Waals surface area contributed by atoms with Crippen LogP contribution < -0.4 is 0 Å². The van der Waals surface area contributed by atoms with E-state index in [0.29, 0.717) is 4.77 Å². The van der Waals surface area contributed by atoms with Crippen LogP contribution in [0.25, 0.3) is 17.2 Å². The Labute approximate surface area is 122 Å². The highest BCUT2D eigenvalue weighted by Crippen LogP contribution is 2.23. The van der Waals surface area contributed by atoms with Gasteiger partial charge in [0.25, 0.3) is 0 Å². The molecule has 5 heteroatoms. The molecule has 0 bridgehead atoms. The fourth-order valence-electron chi connectivity index (χ4n) is 2.17. The SMILES string of the molecule is Cc1cccc(-n2c(-c3ccccn3)n[nH]c2=S)c1C. The lowest BCUT2D eigenvalue weighted by molar-refractivity contribution is 1.01. The van der Waals surface area contributed by atoms with E-state index in [1.807, 2.05) is 34.9 Å². The highest BCUT2D eigenvalue weighted by atomic mass is 32.1. The molecule has 1 N–H and O–H groups in total. The Hall–Kier alpha value is -2.27. The molecule has 0 aliphatic rings. The third-order valence-corrected chi connectivity index (χ3v) is 3.66. The van der Waals surface area contributed by atoms with Crippen molar-refractivity contribution in [2.24, 2.45) is 0 Å². The molecule has 20 heavy (non-hydrogen) atoms. The van der Waals surface area contributed by atoms with Gasteiger partial charge in [-0.25, -0.2) is 0 Å². The van der Waals surface area contributed by atoms with Gasteiger partial charge in [-0.15, -0.1) is 0 Å². The fraction of sp³-hybridized carbons (Fsp3) is 0.133. The van der Waals surface area contributed by atoms with Crippen LogP contribution in [0.15, 0.2) is 42.6 Å². The lowest BCUT2D eigenvalue weighted by atomic mass is 10.1. The summed E-state index contributed by atoms with van der Waals surface area (Å²) in [4.78, 5) is 4.35. The molecule has 1 aromatic carbocycles. The molecule has 0 amide bonds. The molecule has 3 aromatic rings. The van der Waals surface area contributed by atoms with Crippen molar-refractivity contribution in [3.8, 4) is 17.2 Å². The Bertz CT molecular complexity index is 802. The number of aryl methyl sites for hydroxylation is 1. The van der Waals surface area contributed by atoms with Gasteiger partial charge >= 0.3 is 0 Å². The summed E-state index contributed by atoms with van der Waals surface area (Å²) >= 11 is 5.37. The van der Waals surface area contributed by atoms with E-state index in [9.17, 15) is 0 Å². The molecule has 0 atom stereocenters. The lowest BCUT2D eigenvalue weighted by Gasteiger charge is -2.11. The van der Waals surface area contributed by atoms with Crippen LogP contribution in [0.3, 0.4) is 0 Å². The van der Waals surface area contributed by atoms with Crippen LogP contribution in [0.1, 0.15) is 11.1 Å². The van der Waals surface area contributed by atoms with Crippen molar-refractivity contribution < 1.29 is 0 Å². The van der Waals surface area contributed by atoms with Crippen LogP contribution in [0, 0.1) is 18.6 Å². The number of aromatic nitrogens is 4. The van der Waals surface area contributed by atoms with E-state index in [1.54, 1.807) is 6.20 Å². The third-order valence-electron chi connectivity index (χ3n) is 3.38. The minimum Gasteiger partial charge on any atom is -0.267 e. The number of nitrogens with one attached hydrogen (secondary N) is 1. The predicted molar refractivity (Wildman–Crippen MR) is 81.5 cm³/mol. The van der Waals surface area contributed by atoms with Gasteiger partial charge in [0.2, 0.25) is 0 Å². The zero-order chi connectivity index (χ0) is 14.1. The van der Waals surface area contributed by atoms with E-state index in [-0.39, 0.29) is 0 Å². The summed E-state index contributed by atoms with van der Waals surface area (Å²) in [6.45, 7) is 4.17. The maximum atomic E-state index is 5.37. The smallest absolute Gasteiger partial charge is 0.200 e. The van der Waals surface area contributed by atoms with Gasteiger partial charge in [-0.3, -0.25) is 14.6 Å². The first-order valence-electron chi connectivity index (χ1n) is 6.34. The summed E-state index contributed by atoms with van der Waals surface area (Å²) in [6.07, 6.45) is 1.75. The second kappa shape index (κ2) is 5.02. The van der Waals surface area contributed by atoms with Gasteiger partial charge in [-0.05, 0) is 55.4 Å². The average molecular weight is 282 g/mol. The molecule has 0 unspecified atom stereocenters. The van der Waals surface area contributed by atoms with Gasteiger partial charge in [0, 0.05) is 6.20 Å². The number of aromatic amines is 1. The van der Waals surface area contributed by atoms with Crippen LogP contribution >= 0.6 is 12.2 Å². The zero-order valence-corrected chi connectivity index (χ0v) is 12.1. The number of H-pyrrole nitrogens is 1. The van der Waals surface area contributed by atoms with Crippen molar-refractivity contribution in [2.45, 2.75) is 13.8 Å². The van der Waals surface area contributed by atoms with Gasteiger partial charge in [-0.1, -0.05) is 18.2 Å². The van der Waals surface area contributed by atoms with E-state index >= 15 is 0 Å². The van der Waals surface area contributed by atoms with Crippen molar-refractivity contribution in [3.05, 3.63) is 58.5 Å². The van der Waals surface area contributed by atoms with Gasteiger partial charge in [0.05, 0.1) is 5.69 Å². The summed E-state index contributed by atoms with van der Waals surface area (Å²) in [5, 5.41) is 7.17. The topological polar surface area (TPSA) is 46.5 Å². The first kappa shape index (κ1) is 12.7. The third kappa shape index (κ3) is 2.06. The molecule has 0 aliphatic carbocycles. The van der Waals surface area contributed by atoms with Crippen LogP contribution in [-0.2, 0) is 0 Å². The second-order valence-corrected chi connectivity index (χ2v) is 5.01. The van der Waals surface area contributed by atoms with E-state index in [2.05, 4.69) is 35.1 Å². The molecule has 0 spiro atoms. The maximum absolute atomic E-state index is 5.37. The van der Waals surface area contributed by atoms with Gasteiger partial charge in [-0.2, -0.15) is 5.10 Å². The molecular formula is C15H14N4S. The number of hydrogen-bond donors (Lipinski definition) is 1. The van der Waals surface area contributed by atoms with Crippen molar-refractivity contribution in [3.63, 3.8) is 0 Å². The van der Waals surface area contributed by atoms with Gasteiger partial charge in [0.1, 0.15) is 5.69 Å². The minimum absolute atomic E-state index is 0.569. The molecular weight excluding hydrogens is 268 g/mol. The van der Waals surface area contributed by atoms with E-state index in [1.165, 1.54) is 11.1 Å². The summed E-state index contributed by atoms with van der Waals surface area (Å²) < 4.78 is 2.50. The number of hydrogen-bond acceptors (Lipinski definition) is 3. The molecule has 0 saturated carbocycles.